The summed E-state index contributed by atoms with van der Waals surface area (Å²) in [5, 5.41) is 6.39. The van der Waals surface area contributed by atoms with Crippen molar-refractivity contribution in [1.82, 2.24) is 4.98 Å². The van der Waals surface area contributed by atoms with Crippen molar-refractivity contribution in [1.29, 1.82) is 0 Å². The average molecular weight is 289 g/mol. The molecule has 1 aromatic rings. The van der Waals surface area contributed by atoms with E-state index >= 15 is 0 Å². The number of nitrogens with zero attached hydrogens (tertiary/aromatic N) is 1. The Morgan fingerprint density at radius 1 is 1.24 bits per heavy atom. The lowest BCUT2D eigenvalue weighted by atomic mass is 10.1. The van der Waals surface area contributed by atoms with E-state index in [9.17, 15) is 4.79 Å². The van der Waals surface area contributed by atoms with Gasteiger partial charge in [0, 0.05) is 12.5 Å². The summed E-state index contributed by atoms with van der Waals surface area (Å²) in [6.07, 6.45) is 10.2. The van der Waals surface area contributed by atoms with Crippen LogP contribution in [0.3, 0.4) is 0 Å². The lowest BCUT2D eigenvalue weighted by Crippen LogP contribution is -2.18. The van der Waals surface area contributed by atoms with Crippen LogP contribution in [0.25, 0.3) is 0 Å². The van der Waals surface area contributed by atoms with E-state index in [4.69, 9.17) is 0 Å². The van der Waals surface area contributed by atoms with Gasteiger partial charge in [0.25, 0.3) is 0 Å². The fourth-order valence-corrected chi connectivity index (χ4v) is 2.78. The Morgan fingerprint density at radius 2 is 1.95 bits per heavy atom. The molecule has 1 aromatic heterocycles. The lowest BCUT2D eigenvalue weighted by Gasteiger charge is -2.17. The van der Waals surface area contributed by atoms with Crippen LogP contribution in [-0.4, -0.2) is 16.9 Å². The Balaban J connectivity index is 1.85. The van der Waals surface area contributed by atoms with Gasteiger partial charge in [0.1, 0.15) is 5.82 Å². The summed E-state index contributed by atoms with van der Waals surface area (Å²) in [4.78, 5) is 16.0. The molecule has 0 aliphatic heterocycles. The maximum atomic E-state index is 11.7. The monoisotopic (exact) mass is 289 g/mol. The third-order valence-electron chi connectivity index (χ3n) is 3.85. The fourth-order valence-electron chi connectivity index (χ4n) is 2.78. The van der Waals surface area contributed by atoms with E-state index in [1.54, 1.807) is 0 Å². The number of hydrogen-bond acceptors (Lipinski definition) is 3. The first-order valence-corrected chi connectivity index (χ1v) is 8.16. The standard InChI is InChI=1S/C17H27N3O/c1-13(2)11-17(21)20-16-10-9-15(12-18-16)19-14-7-5-3-4-6-8-14/h9-10,12-14,19H,3-8,11H2,1-2H3,(H,18,20,21). The highest BCUT2D eigenvalue weighted by Gasteiger charge is 2.12. The summed E-state index contributed by atoms with van der Waals surface area (Å²) < 4.78 is 0. The molecule has 1 amide bonds. The summed E-state index contributed by atoms with van der Waals surface area (Å²) in [7, 11) is 0. The minimum atomic E-state index is 0.0296. The summed E-state index contributed by atoms with van der Waals surface area (Å²) >= 11 is 0. The molecule has 2 rings (SSSR count). The third kappa shape index (κ3) is 5.74. The van der Waals surface area contributed by atoms with E-state index in [1.807, 2.05) is 32.2 Å². The largest absolute Gasteiger partial charge is 0.381 e. The summed E-state index contributed by atoms with van der Waals surface area (Å²) in [6.45, 7) is 4.07. The molecule has 4 heteroatoms. The molecule has 1 heterocycles. The van der Waals surface area contributed by atoms with Crippen molar-refractivity contribution >= 4 is 17.4 Å². The second-order valence-electron chi connectivity index (χ2n) is 6.41. The predicted octanol–water partition coefficient (Wildman–Crippen LogP) is 4.20. The number of carbonyl (C=O) groups is 1. The van der Waals surface area contributed by atoms with Crippen molar-refractivity contribution in [2.24, 2.45) is 5.92 Å². The number of hydrogen-bond donors (Lipinski definition) is 2. The third-order valence-corrected chi connectivity index (χ3v) is 3.85. The molecule has 0 bridgehead atoms. The molecule has 0 radical (unpaired) electrons. The number of carbonyl (C=O) groups excluding carboxylic acids is 1. The van der Waals surface area contributed by atoms with Crippen LogP contribution >= 0.6 is 0 Å². The first-order valence-electron chi connectivity index (χ1n) is 8.16. The van der Waals surface area contributed by atoms with Crippen molar-refractivity contribution in [2.75, 3.05) is 10.6 Å². The van der Waals surface area contributed by atoms with Crippen LogP contribution < -0.4 is 10.6 Å². The Bertz CT molecular complexity index is 434. The van der Waals surface area contributed by atoms with Crippen LogP contribution in [0.15, 0.2) is 18.3 Å². The zero-order valence-electron chi connectivity index (χ0n) is 13.2. The summed E-state index contributed by atoms with van der Waals surface area (Å²) in [6, 6.07) is 4.44. The van der Waals surface area contributed by atoms with E-state index in [0.717, 1.165) is 5.69 Å². The molecular weight excluding hydrogens is 262 g/mol. The van der Waals surface area contributed by atoms with E-state index < -0.39 is 0 Å². The van der Waals surface area contributed by atoms with Crippen molar-refractivity contribution in [2.45, 2.75) is 64.8 Å². The van der Waals surface area contributed by atoms with Gasteiger partial charge in [-0.1, -0.05) is 39.5 Å². The molecule has 2 N–H and O–H groups in total. The molecule has 21 heavy (non-hydrogen) atoms. The Morgan fingerprint density at radius 3 is 2.52 bits per heavy atom. The second-order valence-corrected chi connectivity index (χ2v) is 6.41. The van der Waals surface area contributed by atoms with Crippen LogP contribution in [0.5, 0.6) is 0 Å². The molecular formula is C17H27N3O. The highest BCUT2D eigenvalue weighted by Crippen LogP contribution is 2.21. The highest BCUT2D eigenvalue weighted by molar-refractivity contribution is 5.89. The maximum absolute atomic E-state index is 11.7. The fraction of sp³-hybridized carbons (Fsp3) is 0.647. The van der Waals surface area contributed by atoms with Gasteiger partial charge in [-0.05, 0) is 30.9 Å². The molecule has 0 aromatic carbocycles. The van der Waals surface area contributed by atoms with Gasteiger partial charge in [0.05, 0.1) is 11.9 Å². The number of nitrogens with one attached hydrogen (secondary N) is 2. The SMILES string of the molecule is CC(C)CC(=O)Nc1ccc(NC2CCCCCC2)cn1. The molecule has 1 aliphatic rings. The minimum absolute atomic E-state index is 0.0296. The van der Waals surface area contributed by atoms with Crippen LogP contribution in [0, 0.1) is 5.92 Å². The zero-order chi connectivity index (χ0) is 15.1. The second kappa shape index (κ2) is 8.01. The molecule has 0 spiro atoms. The number of pyridine rings is 1. The quantitative estimate of drug-likeness (QED) is 0.799. The number of amides is 1. The van der Waals surface area contributed by atoms with Gasteiger partial charge < -0.3 is 10.6 Å². The van der Waals surface area contributed by atoms with Crippen molar-refractivity contribution in [3.05, 3.63) is 18.3 Å². The Hall–Kier alpha value is -1.58. The molecule has 0 unspecified atom stereocenters. The minimum Gasteiger partial charge on any atom is -0.381 e. The smallest absolute Gasteiger partial charge is 0.225 e. The zero-order valence-corrected chi connectivity index (χ0v) is 13.2. The molecule has 116 valence electrons. The first kappa shape index (κ1) is 15.8. The van der Waals surface area contributed by atoms with E-state index in [1.165, 1.54) is 38.5 Å². The normalized spacial score (nSPS) is 16.5. The van der Waals surface area contributed by atoms with E-state index in [2.05, 4.69) is 15.6 Å². The van der Waals surface area contributed by atoms with Gasteiger partial charge in [0.15, 0.2) is 0 Å². The van der Waals surface area contributed by atoms with Gasteiger partial charge in [-0.3, -0.25) is 4.79 Å². The topological polar surface area (TPSA) is 54.0 Å². The van der Waals surface area contributed by atoms with Crippen LogP contribution in [0.1, 0.15) is 58.8 Å². The van der Waals surface area contributed by atoms with Gasteiger partial charge in [-0.2, -0.15) is 0 Å². The van der Waals surface area contributed by atoms with Gasteiger partial charge in [-0.15, -0.1) is 0 Å². The molecule has 1 fully saturated rings. The average Bonchev–Trinajstić information content (AvgIpc) is 2.69. The van der Waals surface area contributed by atoms with Crippen LogP contribution in [0.4, 0.5) is 11.5 Å². The van der Waals surface area contributed by atoms with Crippen molar-refractivity contribution in [3.8, 4) is 0 Å². The van der Waals surface area contributed by atoms with Crippen molar-refractivity contribution < 1.29 is 4.79 Å². The maximum Gasteiger partial charge on any atom is 0.225 e. The van der Waals surface area contributed by atoms with Gasteiger partial charge >= 0.3 is 0 Å². The molecule has 0 saturated heterocycles. The molecule has 1 saturated carbocycles. The van der Waals surface area contributed by atoms with E-state index in [-0.39, 0.29) is 5.91 Å². The van der Waals surface area contributed by atoms with E-state index in [0.29, 0.717) is 24.2 Å². The highest BCUT2D eigenvalue weighted by atomic mass is 16.1. The summed E-state index contributed by atoms with van der Waals surface area (Å²) in [5.41, 5.74) is 1.05. The van der Waals surface area contributed by atoms with Crippen molar-refractivity contribution in [3.63, 3.8) is 0 Å². The molecule has 0 atom stereocenters. The van der Waals surface area contributed by atoms with Crippen LogP contribution in [0.2, 0.25) is 0 Å². The molecule has 4 nitrogen and oxygen atoms in total. The summed E-state index contributed by atoms with van der Waals surface area (Å²) in [5.74, 6) is 1.02. The molecule has 1 aliphatic carbocycles. The Kier molecular flexibility index (Phi) is 6.03. The Labute approximate surface area is 127 Å². The van der Waals surface area contributed by atoms with Gasteiger partial charge in [-0.25, -0.2) is 4.98 Å². The number of anilines is 2. The predicted molar refractivity (Wildman–Crippen MR) is 87.4 cm³/mol. The number of aromatic nitrogens is 1. The van der Waals surface area contributed by atoms with Gasteiger partial charge in [0.2, 0.25) is 5.91 Å². The van der Waals surface area contributed by atoms with Crippen LogP contribution in [-0.2, 0) is 4.79 Å². The first-order chi connectivity index (χ1) is 10.1. The number of rotatable bonds is 5. The lowest BCUT2D eigenvalue weighted by molar-refractivity contribution is -0.116.